The van der Waals surface area contributed by atoms with Crippen molar-refractivity contribution in [3.63, 3.8) is 0 Å². The Morgan fingerprint density at radius 3 is 2.61 bits per heavy atom. The van der Waals surface area contributed by atoms with E-state index in [1.54, 1.807) is 0 Å². The molecule has 0 amide bonds. The SMILES string of the molecule is NNc1cc(C2CC2)nc(Cc2ccccc2)n1. The van der Waals surface area contributed by atoms with Crippen molar-refractivity contribution < 1.29 is 0 Å². The van der Waals surface area contributed by atoms with Gasteiger partial charge in [-0.1, -0.05) is 30.3 Å². The van der Waals surface area contributed by atoms with Crippen molar-refractivity contribution in [2.45, 2.75) is 25.2 Å². The highest BCUT2D eigenvalue weighted by Gasteiger charge is 2.26. The first kappa shape index (κ1) is 11.2. The number of hydrogen-bond acceptors (Lipinski definition) is 4. The molecule has 4 heteroatoms. The van der Waals surface area contributed by atoms with Gasteiger partial charge in [0.05, 0.1) is 0 Å². The van der Waals surface area contributed by atoms with Gasteiger partial charge in [0, 0.05) is 24.1 Å². The zero-order chi connectivity index (χ0) is 12.4. The molecule has 0 saturated heterocycles. The second-order valence-electron chi connectivity index (χ2n) is 4.68. The molecule has 0 spiro atoms. The van der Waals surface area contributed by atoms with Gasteiger partial charge in [0.1, 0.15) is 11.6 Å². The highest BCUT2D eigenvalue weighted by molar-refractivity contribution is 5.37. The van der Waals surface area contributed by atoms with Crippen LogP contribution in [0.15, 0.2) is 36.4 Å². The van der Waals surface area contributed by atoms with E-state index in [0.717, 1.165) is 17.9 Å². The molecule has 1 heterocycles. The number of nitrogens with two attached hydrogens (primary N) is 1. The lowest BCUT2D eigenvalue weighted by Crippen LogP contribution is -2.11. The average molecular weight is 240 g/mol. The Hall–Kier alpha value is -1.94. The first-order chi connectivity index (χ1) is 8.85. The van der Waals surface area contributed by atoms with Gasteiger partial charge in [0.15, 0.2) is 0 Å². The highest BCUT2D eigenvalue weighted by Crippen LogP contribution is 2.39. The first-order valence-corrected chi connectivity index (χ1v) is 6.23. The number of nitrogens with one attached hydrogen (secondary N) is 1. The minimum atomic E-state index is 0.606. The second kappa shape index (κ2) is 4.74. The van der Waals surface area contributed by atoms with E-state index in [9.17, 15) is 0 Å². The van der Waals surface area contributed by atoms with Crippen molar-refractivity contribution in [2.24, 2.45) is 5.84 Å². The van der Waals surface area contributed by atoms with Gasteiger partial charge in [0.25, 0.3) is 0 Å². The molecule has 1 aromatic heterocycles. The molecule has 0 atom stereocenters. The highest BCUT2D eigenvalue weighted by atomic mass is 15.3. The van der Waals surface area contributed by atoms with Gasteiger partial charge in [-0.3, -0.25) is 0 Å². The van der Waals surface area contributed by atoms with Gasteiger partial charge in [-0.25, -0.2) is 15.8 Å². The van der Waals surface area contributed by atoms with Crippen LogP contribution in [0.5, 0.6) is 0 Å². The maximum Gasteiger partial charge on any atom is 0.143 e. The van der Waals surface area contributed by atoms with Gasteiger partial charge < -0.3 is 5.43 Å². The average Bonchev–Trinajstić information content (AvgIpc) is 3.24. The van der Waals surface area contributed by atoms with E-state index in [1.165, 1.54) is 18.4 Å². The predicted octanol–water partition coefficient (Wildman–Crippen LogP) is 2.23. The van der Waals surface area contributed by atoms with Crippen LogP contribution in [0.1, 0.15) is 35.8 Å². The van der Waals surface area contributed by atoms with Crippen LogP contribution in [-0.4, -0.2) is 9.97 Å². The Kier molecular flexibility index (Phi) is 2.94. The van der Waals surface area contributed by atoms with Crippen molar-refractivity contribution in [3.8, 4) is 0 Å². The molecular weight excluding hydrogens is 224 g/mol. The normalized spacial score (nSPS) is 14.5. The molecule has 92 valence electrons. The van der Waals surface area contributed by atoms with Crippen molar-refractivity contribution in [1.29, 1.82) is 0 Å². The maximum absolute atomic E-state index is 5.46. The zero-order valence-electron chi connectivity index (χ0n) is 10.1. The van der Waals surface area contributed by atoms with Gasteiger partial charge in [-0.05, 0) is 18.4 Å². The van der Waals surface area contributed by atoms with E-state index >= 15 is 0 Å². The summed E-state index contributed by atoms with van der Waals surface area (Å²) in [6.07, 6.45) is 3.20. The fourth-order valence-electron chi connectivity index (χ4n) is 2.04. The molecule has 3 N–H and O–H groups in total. The van der Waals surface area contributed by atoms with E-state index in [-0.39, 0.29) is 0 Å². The standard InChI is InChI=1S/C14H16N4/c15-18-14-9-12(11-6-7-11)16-13(17-14)8-10-4-2-1-3-5-10/h1-5,9,11H,6-8,15H2,(H,16,17,18). The minimum absolute atomic E-state index is 0.606. The van der Waals surface area contributed by atoms with Crippen LogP contribution in [0.3, 0.4) is 0 Å². The summed E-state index contributed by atoms with van der Waals surface area (Å²) in [5, 5.41) is 0. The second-order valence-corrected chi connectivity index (χ2v) is 4.68. The van der Waals surface area contributed by atoms with E-state index < -0.39 is 0 Å². The third-order valence-corrected chi connectivity index (χ3v) is 3.14. The van der Waals surface area contributed by atoms with Crippen molar-refractivity contribution in [1.82, 2.24) is 9.97 Å². The van der Waals surface area contributed by atoms with Crippen molar-refractivity contribution in [2.75, 3.05) is 5.43 Å². The summed E-state index contributed by atoms with van der Waals surface area (Å²) >= 11 is 0. The van der Waals surface area contributed by atoms with Crippen LogP contribution in [0.4, 0.5) is 5.82 Å². The van der Waals surface area contributed by atoms with E-state index in [0.29, 0.717) is 11.7 Å². The smallest absolute Gasteiger partial charge is 0.143 e. The summed E-state index contributed by atoms with van der Waals surface area (Å²) < 4.78 is 0. The third kappa shape index (κ3) is 2.49. The molecule has 1 aliphatic carbocycles. The molecule has 0 bridgehead atoms. The lowest BCUT2D eigenvalue weighted by molar-refractivity contribution is 0.899. The number of nitrogen functional groups attached to an aromatic ring is 1. The van der Waals surface area contributed by atoms with Crippen LogP contribution in [-0.2, 0) is 6.42 Å². The Bertz CT molecular complexity index is 535. The van der Waals surface area contributed by atoms with Gasteiger partial charge >= 0.3 is 0 Å². The molecule has 1 saturated carbocycles. The monoisotopic (exact) mass is 240 g/mol. The lowest BCUT2D eigenvalue weighted by atomic mass is 10.1. The number of hydrogen-bond donors (Lipinski definition) is 2. The number of rotatable bonds is 4. The predicted molar refractivity (Wildman–Crippen MR) is 71.1 cm³/mol. The molecular formula is C14H16N4. The Balaban J connectivity index is 1.88. The zero-order valence-corrected chi connectivity index (χ0v) is 10.1. The van der Waals surface area contributed by atoms with Crippen molar-refractivity contribution >= 4 is 5.82 Å². The molecule has 4 nitrogen and oxygen atoms in total. The molecule has 0 aliphatic heterocycles. The maximum atomic E-state index is 5.46. The first-order valence-electron chi connectivity index (χ1n) is 6.23. The number of nitrogens with zero attached hydrogens (tertiary/aromatic N) is 2. The van der Waals surface area contributed by atoms with Gasteiger partial charge in [-0.2, -0.15) is 0 Å². The Morgan fingerprint density at radius 2 is 1.94 bits per heavy atom. The number of benzene rings is 1. The summed E-state index contributed by atoms with van der Waals surface area (Å²) in [7, 11) is 0. The van der Waals surface area contributed by atoms with Gasteiger partial charge in [0.2, 0.25) is 0 Å². The summed E-state index contributed by atoms with van der Waals surface area (Å²) in [5.41, 5.74) is 4.96. The van der Waals surface area contributed by atoms with Crippen LogP contribution in [0.25, 0.3) is 0 Å². The third-order valence-electron chi connectivity index (χ3n) is 3.14. The summed E-state index contributed by atoms with van der Waals surface area (Å²) in [4.78, 5) is 9.04. The number of hydrazine groups is 1. The summed E-state index contributed by atoms with van der Waals surface area (Å²) in [6, 6.07) is 12.2. The fourth-order valence-corrected chi connectivity index (χ4v) is 2.04. The molecule has 2 aromatic rings. The largest absolute Gasteiger partial charge is 0.308 e. The van der Waals surface area contributed by atoms with Gasteiger partial charge in [-0.15, -0.1) is 0 Å². The molecule has 0 unspecified atom stereocenters. The van der Waals surface area contributed by atoms with E-state index in [4.69, 9.17) is 5.84 Å². The molecule has 3 rings (SSSR count). The van der Waals surface area contributed by atoms with Crippen LogP contribution < -0.4 is 11.3 Å². The van der Waals surface area contributed by atoms with Crippen LogP contribution >= 0.6 is 0 Å². The van der Waals surface area contributed by atoms with E-state index in [2.05, 4.69) is 27.5 Å². The molecule has 1 aromatic carbocycles. The minimum Gasteiger partial charge on any atom is -0.308 e. The van der Waals surface area contributed by atoms with E-state index in [1.807, 2.05) is 24.3 Å². The molecule has 18 heavy (non-hydrogen) atoms. The number of anilines is 1. The summed E-state index contributed by atoms with van der Waals surface area (Å²) in [6.45, 7) is 0. The Morgan fingerprint density at radius 1 is 1.17 bits per heavy atom. The van der Waals surface area contributed by atoms with Crippen LogP contribution in [0, 0.1) is 0 Å². The van der Waals surface area contributed by atoms with Crippen molar-refractivity contribution in [3.05, 3.63) is 53.5 Å². The Labute approximate surface area is 106 Å². The lowest BCUT2D eigenvalue weighted by Gasteiger charge is -2.07. The fraction of sp³-hybridized carbons (Fsp3) is 0.286. The molecule has 1 aliphatic rings. The number of aromatic nitrogens is 2. The molecule has 0 radical (unpaired) electrons. The van der Waals surface area contributed by atoms with Crippen LogP contribution in [0.2, 0.25) is 0 Å². The summed E-state index contributed by atoms with van der Waals surface area (Å²) in [5.74, 6) is 7.61. The topological polar surface area (TPSA) is 63.8 Å². The molecule has 1 fully saturated rings. The quantitative estimate of drug-likeness (QED) is 0.635.